The highest BCUT2D eigenvalue weighted by Gasteiger charge is 2.21. The summed E-state index contributed by atoms with van der Waals surface area (Å²) >= 11 is 0. The molecule has 2 aromatic rings. The van der Waals surface area contributed by atoms with Crippen molar-refractivity contribution in [3.8, 4) is 0 Å². The Morgan fingerprint density at radius 1 is 1.32 bits per heavy atom. The fourth-order valence-corrected chi connectivity index (χ4v) is 2.55. The van der Waals surface area contributed by atoms with Gasteiger partial charge in [-0.05, 0) is 18.2 Å². The SMILES string of the molecule is O=C(O)c1c(F)cccc1NS(=O)(=O)c1cc[nH]c1. The van der Waals surface area contributed by atoms with E-state index in [1.807, 2.05) is 4.72 Å². The van der Waals surface area contributed by atoms with Crippen molar-refractivity contribution in [2.45, 2.75) is 4.90 Å². The summed E-state index contributed by atoms with van der Waals surface area (Å²) in [4.78, 5) is 13.4. The fraction of sp³-hybridized carbons (Fsp3) is 0. The minimum atomic E-state index is -3.95. The maximum Gasteiger partial charge on any atom is 0.340 e. The average Bonchev–Trinajstić information content (AvgIpc) is 2.81. The van der Waals surface area contributed by atoms with Crippen LogP contribution in [0.1, 0.15) is 10.4 Å². The molecule has 0 bridgehead atoms. The van der Waals surface area contributed by atoms with E-state index in [0.717, 1.165) is 6.07 Å². The zero-order valence-corrected chi connectivity index (χ0v) is 10.2. The second kappa shape index (κ2) is 4.73. The molecule has 0 saturated heterocycles. The fourth-order valence-electron chi connectivity index (χ4n) is 1.51. The number of benzene rings is 1. The molecule has 100 valence electrons. The van der Waals surface area contributed by atoms with Crippen LogP contribution in [0.3, 0.4) is 0 Å². The van der Waals surface area contributed by atoms with Crippen molar-refractivity contribution < 1.29 is 22.7 Å². The maximum absolute atomic E-state index is 13.4. The number of rotatable bonds is 4. The number of carboxylic acid groups (broad SMARTS) is 1. The Labute approximate surface area is 107 Å². The van der Waals surface area contributed by atoms with Gasteiger partial charge < -0.3 is 10.1 Å². The van der Waals surface area contributed by atoms with Crippen molar-refractivity contribution in [2.75, 3.05) is 4.72 Å². The molecular weight excluding hydrogens is 275 g/mol. The van der Waals surface area contributed by atoms with Gasteiger partial charge >= 0.3 is 5.97 Å². The third kappa shape index (κ3) is 2.58. The first kappa shape index (κ1) is 13.1. The van der Waals surface area contributed by atoms with E-state index in [9.17, 15) is 17.6 Å². The zero-order valence-electron chi connectivity index (χ0n) is 9.42. The molecule has 2 rings (SSSR count). The number of sulfonamides is 1. The molecule has 0 saturated carbocycles. The monoisotopic (exact) mass is 284 g/mol. The van der Waals surface area contributed by atoms with Crippen molar-refractivity contribution in [2.24, 2.45) is 0 Å². The van der Waals surface area contributed by atoms with Gasteiger partial charge in [0, 0.05) is 12.4 Å². The molecule has 1 heterocycles. The summed E-state index contributed by atoms with van der Waals surface area (Å²) in [7, 11) is -3.95. The third-order valence-corrected chi connectivity index (χ3v) is 3.71. The molecular formula is C11H9FN2O4S. The van der Waals surface area contributed by atoms with Crippen LogP contribution in [0, 0.1) is 5.82 Å². The van der Waals surface area contributed by atoms with E-state index >= 15 is 0 Å². The molecule has 0 amide bonds. The lowest BCUT2D eigenvalue weighted by Crippen LogP contribution is -2.16. The number of nitrogens with one attached hydrogen (secondary N) is 2. The van der Waals surface area contributed by atoms with Crippen LogP contribution in [-0.4, -0.2) is 24.5 Å². The zero-order chi connectivity index (χ0) is 14.0. The molecule has 0 radical (unpaired) electrons. The van der Waals surface area contributed by atoms with Crippen molar-refractivity contribution in [1.29, 1.82) is 0 Å². The smallest absolute Gasteiger partial charge is 0.340 e. The Kier molecular flexibility index (Phi) is 3.26. The highest BCUT2D eigenvalue weighted by atomic mass is 32.2. The average molecular weight is 284 g/mol. The Bertz CT molecular complexity index is 710. The summed E-state index contributed by atoms with van der Waals surface area (Å²) in [6.45, 7) is 0. The summed E-state index contributed by atoms with van der Waals surface area (Å²) in [5.74, 6) is -2.56. The third-order valence-electron chi connectivity index (χ3n) is 2.35. The van der Waals surface area contributed by atoms with E-state index in [1.165, 1.54) is 30.6 Å². The number of hydrogen-bond acceptors (Lipinski definition) is 3. The first-order chi connectivity index (χ1) is 8.92. The molecule has 0 atom stereocenters. The van der Waals surface area contributed by atoms with Gasteiger partial charge in [0.2, 0.25) is 0 Å². The minimum Gasteiger partial charge on any atom is -0.478 e. The van der Waals surface area contributed by atoms with Crippen LogP contribution in [0.4, 0.5) is 10.1 Å². The number of H-pyrrole nitrogens is 1. The van der Waals surface area contributed by atoms with Gasteiger partial charge in [0.25, 0.3) is 10.0 Å². The summed E-state index contributed by atoms with van der Waals surface area (Å²) in [5.41, 5.74) is -1.05. The van der Waals surface area contributed by atoms with Gasteiger partial charge in [0.15, 0.2) is 0 Å². The van der Waals surface area contributed by atoms with Crippen molar-refractivity contribution in [1.82, 2.24) is 4.98 Å². The summed E-state index contributed by atoms with van der Waals surface area (Å²) in [6.07, 6.45) is 2.63. The second-order valence-electron chi connectivity index (χ2n) is 3.62. The predicted octanol–water partition coefficient (Wildman–Crippen LogP) is 1.65. The second-order valence-corrected chi connectivity index (χ2v) is 5.30. The maximum atomic E-state index is 13.4. The van der Waals surface area contributed by atoms with Crippen LogP contribution >= 0.6 is 0 Å². The normalized spacial score (nSPS) is 11.2. The summed E-state index contributed by atoms with van der Waals surface area (Å²) < 4.78 is 39.2. The number of aromatic amines is 1. The van der Waals surface area contributed by atoms with E-state index in [2.05, 4.69) is 4.98 Å². The first-order valence-electron chi connectivity index (χ1n) is 5.09. The molecule has 0 spiro atoms. The van der Waals surface area contributed by atoms with Crippen molar-refractivity contribution >= 4 is 21.7 Å². The van der Waals surface area contributed by atoms with Gasteiger partial charge in [-0.2, -0.15) is 0 Å². The molecule has 6 nitrogen and oxygen atoms in total. The molecule has 19 heavy (non-hydrogen) atoms. The Morgan fingerprint density at radius 2 is 2.05 bits per heavy atom. The standard InChI is InChI=1S/C11H9FN2O4S/c12-8-2-1-3-9(10(8)11(15)16)14-19(17,18)7-4-5-13-6-7/h1-6,13-14H,(H,15,16). The van der Waals surface area contributed by atoms with E-state index in [4.69, 9.17) is 5.11 Å². The molecule has 0 aliphatic carbocycles. The van der Waals surface area contributed by atoms with E-state index in [1.54, 1.807) is 0 Å². The lowest BCUT2D eigenvalue weighted by Gasteiger charge is -2.09. The number of aromatic nitrogens is 1. The molecule has 0 aliphatic rings. The highest BCUT2D eigenvalue weighted by molar-refractivity contribution is 7.92. The van der Waals surface area contributed by atoms with Crippen LogP contribution < -0.4 is 4.72 Å². The van der Waals surface area contributed by atoms with Crippen LogP contribution in [-0.2, 0) is 10.0 Å². The number of hydrogen-bond donors (Lipinski definition) is 3. The Hall–Kier alpha value is -2.35. The number of carbonyl (C=O) groups is 1. The number of anilines is 1. The number of halogens is 1. The lowest BCUT2D eigenvalue weighted by molar-refractivity contribution is 0.0693. The quantitative estimate of drug-likeness (QED) is 0.794. The predicted molar refractivity (Wildman–Crippen MR) is 65.0 cm³/mol. The van der Waals surface area contributed by atoms with E-state index < -0.39 is 27.4 Å². The highest BCUT2D eigenvalue weighted by Crippen LogP contribution is 2.22. The van der Waals surface area contributed by atoms with Crippen LogP contribution in [0.5, 0.6) is 0 Å². The van der Waals surface area contributed by atoms with Gasteiger partial charge in [-0.1, -0.05) is 6.07 Å². The Balaban J connectivity index is 2.45. The minimum absolute atomic E-state index is 0.0758. The number of carboxylic acids is 1. The molecule has 0 fully saturated rings. The summed E-state index contributed by atoms with van der Waals surface area (Å²) in [5, 5.41) is 8.89. The first-order valence-corrected chi connectivity index (χ1v) is 6.57. The van der Waals surface area contributed by atoms with E-state index in [0.29, 0.717) is 0 Å². The molecule has 1 aromatic carbocycles. The van der Waals surface area contributed by atoms with Gasteiger partial charge in [-0.15, -0.1) is 0 Å². The van der Waals surface area contributed by atoms with Crippen LogP contribution in [0.25, 0.3) is 0 Å². The Morgan fingerprint density at radius 3 is 2.63 bits per heavy atom. The lowest BCUT2D eigenvalue weighted by atomic mass is 10.2. The summed E-state index contributed by atoms with van der Waals surface area (Å²) in [6, 6.07) is 4.63. The molecule has 0 aliphatic heterocycles. The molecule has 1 aromatic heterocycles. The van der Waals surface area contributed by atoms with Gasteiger partial charge in [-0.3, -0.25) is 4.72 Å². The van der Waals surface area contributed by atoms with Crippen LogP contribution in [0.2, 0.25) is 0 Å². The van der Waals surface area contributed by atoms with Gasteiger partial charge in [0.05, 0.1) is 5.69 Å². The molecule has 0 unspecified atom stereocenters. The largest absolute Gasteiger partial charge is 0.478 e. The molecule has 3 N–H and O–H groups in total. The van der Waals surface area contributed by atoms with Crippen molar-refractivity contribution in [3.63, 3.8) is 0 Å². The van der Waals surface area contributed by atoms with Gasteiger partial charge in [0.1, 0.15) is 16.3 Å². The topological polar surface area (TPSA) is 99.3 Å². The molecule has 8 heteroatoms. The van der Waals surface area contributed by atoms with Gasteiger partial charge in [-0.25, -0.2) is 17.6 Å². The van der Waals surface area contributed by atoms with Crippen LogP contribution in [0.15, 0.2) is 41.6 Å². The number of aromatic carboxylic acids is 1. The van der Waals surface area contributed by atoms with Crippen molar-refractivity contribution in [3.05, 3.63) is 48.0 Å². The van der Waals surface area contributed by atoms with E-state index in [-0.39, 0.29) is 10.6 Å².